The first-order valence-electron chi connectivity index (χ1n) is 7.58. The van der Waals surface area contributed by atoms with E-state index in [9.17, 15) is 4.79 Å². The lowest BCUT2D eigenvalue weighted by Gasteiger charge is -2.27. The Labute approximate surface area is 120 Å². The number of benzene rings is 1. The van der Waals surface area contributed by atoms with Crippen molar-refractivity contribution in [1.82, 2.24) is 10.2 Å². The molecule has 1 aromatic rings. The summed E-state index contributed by atoms with van der Waals surface area (Å²) in [6.07, 6.45) is 3.28. The normalized spacial score (nSPS) is 30.4. The molecular formula is C16H23N3O. The summed E-state index contributed by atoms with van der Waals surface area (Å²) in [7, 11) is 0. The lowest BCUT2D eigenvalue weighted by molar-refractivity contribution is -0.133. The fraction of sp³-hybridized carbons (Fsp3) is 0.562. The van der Waals surface area contributed by atoms with Crippen molar-refractivity contribution in [3.05, 3.63) is 35.9 Å². The van der Waals surface area contributed by atoms with Crippen molar-refractivity contribution in [2.45, 2.75) is 37.3 Å². The monoisotopic (exact) mass is 273 g/mol. The van der Waals surface area contributed by atoms with Crippen molar-refractivity contribution in [1.29, 1.82) is 0 Å². The van der Waals surface area contributed by atoms with Crippen molar-refractivity contribution in [2.75, 3.05) is 19.6 Å². The smallest absolute Gasteiger partial charge is 0.239 e. The maximum Gasteiger partial charge on any atom is 0.239 e. The molecule has 0 aromatic heterocycles. The molecule has 0 saturated carbocycles. The van der Waals surface area contributed by atoms with Crippen molar-refractivity contribution < 1.29 is 4.79 Å². The number of hydrogen-bond donors (Lipinski definition) is 2. The van der Waals surface area contributed by atoms with Gasteiger partial charge in [-0.05, 0) is 24.9 Å². The number of carbonyl (C=O) groups is 1. The van der Waals surface area contributed by atoms with E-state index in [2.05, 4.69) is 17.4 Å². The molecule has 2 heterocycles. The van der Waals surface area contributed by atoms with Crippen LogP contribution in [0.15, 0.2) is 30.3 Å². The van der Waals surface area contributed by atoms with E-state index in [1.807, 2.05) is 23.1 Å². The number of hydrogen-bond acceptors (Lipinski definition) is 3. The van der Waals surface area contributed by atoms with E-state index < -0.39 is 0 Å². The molecule has 2 saturated heterocycles. The summed E-state index contributed by atoms with van der Waals surface area (Å²) in [5.41, 5.74) is 7.50. The molecule has 2 aliphatic rings. The van der Waals surface area contributed by atoms with E-state index in [0.717, 1.165) is 25.9 Å². The number of likely N-dealkylation sites (tertiary alicyclic amines) is 1. The van der Waals surface area contributed by atoms with Gasteiger partial charge in [0.05, 0.1) is 6.04 Å². The third-order valence-corrected chi connectivity index (χ3v) is 4.51. The van der Waals surface area contributed by atoms with E-state index in [1.54, 1.807) is 0 Å². The van der Waals surface area contributed by atoms with E-state index in [-0.39, 0.29) is 23.9 Å². The van der Waals surface area contributed by atoms with Gasteiger partial charge >= 0.3 is 0 Å². The quantitative estimate of drug-likeness (QED) is 0.848. The third kappa shape index (κ3) is 2.72. The molecule has 20 heavy (non-hydrogen) atoms. The number of nitrogens with zero attached hydrogens (tertiary/aromatic N) is 1. The molecular weight excluding hydrogens is 250 g/mol. The zero-order valence-corrected chi connectivity index (χ0v) is 11.8. The Hall–Kier alpha value is -1.39. The summed E-state index contributed by atoms with van der Waals surface area (Å²) in [5.74, 6) is 0.502. The Morgan fingerprint density at radius 2 is 2.00 bits per heavy atom. The first kappa shape index (κ1) is 13.6. The Morgan fingerprint density at radius 3 is 2.70 bits per heavy atom. The maximum atomic E-state index is 12.5. The van der Waals surface area contributed by atoms with E-state index in [0.29, 0.717) is 6.54 Å². The molecule has 1 aromatic carbocycles. The third-order valence-electron chi connectivity index (χ3n) is 4.51. The summed E-state index contributed by atoms with van der Waals surface area (Å²) in [5, 5.41) is 3.33. The fourth-order valence-corrected chi connectivity index (χ4v) is 3.34. The molecule has 3 N–H and O–H groups in total. The van der Waals surface area contributed by atoms with Crippen LogP contribution < -0.4 is 11.1 Å². The molecule has 2 fully saturated rings. The van der Waals surface area contributed by atoms with Crippen molar-refractivity contribution in [3.63, 3.8) is 0 Å². The van der Waals surface area contributed by atoms with Gasteiger partial charge in [0.15, 0.2) is 0 Å². The molecule has 4 heteroatoms. The SMILES string of the molecule is N[C@@H]1CN(C(=O)C2CCCCN2)C[C@H]1c1ccccc1. The molecule has 108 valence electrons. The second-order valence-corrected chi connectivity index (χ2v) is 5.93. The predicted octanol–water partition coefficient (Wildman–Crippen LogP) is 1.08. The minimum atomic E-state index is 0.00507. The maximum absolute atomic E-state index is 12.5. The molecule has 3 rings (SSSR count). The minimum Gasteiger partial charge on any atom is -0.339 e. The van der Waals surface area contributed by atoms with Crippen LogP contribution in [0.5, 0.6) is 0 Å². The van der Waals surface area contributed by atoms with Gasteiger partial charge in [-0.15, -0.1) is 0 Å². The molecule has 0 spiro atoms. The highest BCUT2D eigenvalue weighted by Gasteiger charge is 2.36. The van der Waals surface area contributed by atoms with Crippen LogP contribution in [-0.4, -0.2) is 42.5 Å². The van der Waals surface area contributed by atoms with Gasteiger partial charge in [0.2, 0.25) is 5.91 Å². The standard InChI is InChI=1S/C16H23N3O/c17-14-11-19(16(20)15-8-4-5-9-18-15)10-13(14)12-6-2-1-3-7-12/h1-3,6-7,13-15,18H,4-5,8-11,17H2/t13-,14+,15?/m0/s1. The Kier molecular flexibility index (Phi) is 4.03. The number of carbonyl (C=O) groups excluding carboxylic acids is 1. The summed E-state index contributed by atoms with van der Waals surface area (Å²) < 4.78 is 0. The largest absolute Gasteiger partial charge is 0.339 e. The second kappa shape index (κ2) is 5.94. The molecule has 4 nitrogen and oxygen atoms in total. The van der Waals surface area contributed by atoms with Crippen LogP contribution in [0.1, 0.15) is 30.7 Å². The zero-order valence-electron chi connectivity index (χ0n) is 11.8. The fourth-order valence-electron chi connectivity index (χ4n) is 3.34. The van der Waals surface area contributed by atoms with Crippen molar-refractivity contribution >= 4 is 5.91 Å². The Balaban J connectivity index is 1.67. The van der Waals surface area contributed by atoms with Crippen molar-refractivity contribution in [2.24, 2.45) is 5.73 Å². The van der Waals surface area contributed by atoms with Crippen LogP contribution in [0.2, 0.25) is 0 Å². The number of nitrogens with one attached hydrogen (secondary N) is 1. The van der Waals surface area contributed by atoms with Gasteiger partial charge in [0.25, 0.3) is 0 Å². The molecule has 1 amide bonds. The molecule has 0 aliphatic carbocycles. The van der Waals surface area contributed by atoms with Gasteiger partial charge in [-0.1, -0.05) is 36.8 Å². The molecule has 0 bridgehead atoms. The van der Waals surface area contributed by atoms with Gasteiger partial charge in [-0.3, -0.25) is 4.79 Å². The highest BCUT2D eigenvalue weighted by molar-refractivity contribution is 5.82. The van der Waals surface area contributed by atoms with Gasteiger partial charge in [-0.2, -0.15) is 0 Å². The number of rotatable bonds is 2. The Morgan fingerprint density at radius 1 is 1.20 bits per heavy atom. The topological polar surface area (TPSA) is 58.4 Å². The van der Waals surface area contributed by atoms with E-state index in [4.69, 9.17) is 5.73 Å². The van der Waals surface area contributed by atoms with Gasteiger partial charge in [0.1, 0.15) is 0 Å². The van der Waals surface area contributed by atoms with Crippen LogP contribution in [0, 0.1) is 0 Å². The molecule has 3 atom stereocenters. The van der Waals surface area contributed by atoms with Gasteiger partial charge in [-0.25, -0.2) is 0 Å². The Bertz CT molecular complexity index is 456. The predicted molar refractivity (Wildman–Crippen MR) is 79.4 cm³/mol. The lowest BCUT2D eigenvalue weighted by Crippen LogP contribution is -2.48. The van der Waals surface area contributed by atoms with E-state index in [1.165, 1.54) is 12.0 Å². The summed E-state index contributed by atoms with van der Waals surface area (Å²) in [6, 6.07) is 10.4. The van der Waals surface area contributed by atoms with Crippen LogP contribution in [0.3, 0.4) is 0 Å². The minimum absolute atomic E-state index is 0.00507. The average molecular weight is 273 g/mol. The summed E-state index contributed by atoms with van der Waals surface area (Å²) in [6.45, 7) is 2.39. The number of amides is 1. The molecule has 0 radical (unpaired) electrons. The summed E-state index contributed by atoms with van der Waals surface area (Å²) >= 11 is 0. The highest BCUT2D eigenvalue weighted by Crippen LogP contribution is 2.27. The van der Waals surface area contributed by atoms with Gasteiger partial charge in [0, 0.05) is 25.0 Å². The average Bonchev–Trinajstić information content (AvgIpc) is 2.90. The molecule has 2 aliphatic heterocycles. The molecule has 1 unspecified atom stereocenters. The first-order chi connectivity index (χ1) is 9.75. The zero-order chi connectivity index (χ0) is 13.9. The van der Waals surface area contributed by atoms with Crippen LogP contribution in [0.25, 0.3) is 0 Å². The van der Waals surface area contributed by atoms with Crippen LogP contribution in [-0.2, 0) is 4.79 Å². The van der Waals surface area contributed by atoms with Crippen molar-refractivity contribution in [3.8, 4) is 0 Å². The summed E-state index contributed by atoms with van der Waals surface area (Å²) in [4.78, 5) is 14.5. The van der Waals surface area contributed by atoms with Gasteiger partial charge < -0.3 is 16.0 Å². The number of nitrogens with two attached hydrogens (primary N) is 1. The lowest BCUT2D eigenvalue weighted by atomic mass is 9.95. The van der Waals surface area contributed by atoms with E-state index >= 15 is 0 Å². The second-order valence-electron chi connectivity index (χ2n) is 5.93. The first-order valence-corrected chi connectivity index (χ1v) is 7.58. The highest BCUT2D eigenvalue weighted by atomic mass is 16.2. The van der Waals surface area contributed by atoms with Crippen LogP contribution >= 0.6 is 0 Å². The number of piperidine rings is 1. The van der Waals surface area contributed by atoms with Crippen LogP contribution in [0.4, 0.5) is 0 Å².